The van der Waals surface area contributed by atoms with E-state index in [9.17, 15) is 8.42 Å². The van der Waals surface area contributed by atoms with Gasteiger partial charge in [-0.15, -0.1) is 0 Å². The minimum Gasteiger partial charge on any atom is -0.326 e. The zero-order valence-electron chi connectivity index (χ0n) is 13.2. The zero-order chi connectivity index (χ0) is 15.6. The minimum atomic E-state index is -3.45. The molecular formula is C16H26N2O2S. The van der Waals surface area contributed by atoms with Gasteiger partial charge in [-0.1, -0.05) is 26.0 Å². The number of aryl methyl sites for hydroxylation is 1. The third kappa shape index (κ3) is 3.00. The molecular weight excluding hydrogens is 284 g/mol. The van der Waals surface area contributed by atoms with Crippen LogP contribution in [0.25, 0.3) is 0 Å². The Kier molecular flexibility index (Phi) is 5.07. The molecule has 1 saturated heterocycles. The third-order valence-electron chi connectivity index (χ3n) is 4.49. The Morgan fingerprint density at radius 2 is 2.00 bits per heavy atom. The Labute approximate surface area is 128 Å². The maximum absolute atomic E-state index is 13.1. The van der Waals surface area contributed by atoms with Crippen molar-refractivity contribution >= 4 is 10.0 Å². The molecule has 2 rings (SSSR count). The molecule has 0 bridgehead atoms. The average molecular weight is 310 g/mol. The Morgan fingerprint density at radius 3 is 2.57 bits per heavy atom. The predicted octanol–water partition coefficient (Wildman–Crippen LogP) is 2.66. The maximum atomic E-state index is 13.1. The number of sulfonamides is 1. The second kappa shape index (κ2) is 6.46. The first kappa shape index (κ1) is 16.5. The van der Waals surface area contributed by atoms with Crippen molar-refractivity contribution in [3.05, 3.63) is 29.3 Å². The second-order valence-electron chi connectivity index (χ2n) is 5.82. The van der Waals surface area contributed by atoms with Gasteiger partial charge in [-0.05, 0) is 49.8 Å². The highest BCUT2D eigenvalue weighted by Gasteiger charge is 2.39. The van der Waals surface area contributed by atoms with Crippen molar-refractivity contribution in [2.24, 2.45) is 5.73 Å². The van der Waals surface area contributed by atoms with E-state index in [2.05, 4.69) is 6.92 Å². The molecule has 1 heterocycles. The topological polar surface area (TPSA) is 63.4 Å². The first-order valence-electron chi connectivity index (χ1n) is 7.81. The van der Waals surface area contributed by atoms with Crippen molar-refractivity contribution in [1.82, 2.24) is 4.31 Å². The average Bonchev–Trinajstić information content (AvgIpc) is 2.88. The molecule has 118 valence electrons. The van der Waals surface area contributed by atoms with Crippen molar-refractivity contribution in [1.29, 1.82) is 0 Å². The van der Waals surface area contributed by atoms with Gasteiger partial charge in [0.15, 0.2) is 0 Å². The summed E-state index contributed by atoms with van der Waals surface area (Å²) in [4.78, 5) is 0.445. The Morgan fingerprint density at radius 1 is 1.29 bits per heavy atom. The van der Waals surface area contributed by atoms with Crippen LogP contribution < -0.4 is 5.73 Å². The highest BCUT2D eigenvalue weighted by molar-refractivity contribution is 7.89. The van der Waals surface area contributed by atoms with Gasteiger partial charge in [0.1, 0.15) is 0 Å². The van der Waals surface area contributed by atoms with Gasteiger partial charge in [-0.25, -0.2) is 8.42 Å². The molecule has 1 aliphatic heterocycles. The fraction of sp³-hybridized carbons (Fsp3) is 0.625. The number of hydrogen-bond donors (Lipinski definition) is 1. The van der Waals surface area contributed by atoms with Crippen molar-refractivity contribution in [2.75, 3.05) is 0 Å². The second-order valence-corrected chi connectivity index (χ2v) is 7.63. The Bertz CT molecular complexity index is 598. The standard InChI is InChI=1S/C16H26N2O2S/c1-4-14-8-7-13(11-17)10-16(14)21(19,20)18-12(3)6-9-15(18)5-2/h7-8,10,12,15H,4-6,9,11,17H2,1-3H3. The fourth-order valence-electron chi connectivity index (χ4n) is 3.24. The Balaban J connectivity index is 2.52. The molecule has 2 N–H and O–H groups in total. The maximum Gasteiger partial charge on any atom is 0.243 e. The Hall–Kier alpha value is -0.910. The van der Waals surface area contributed by atoms with Gasteiger partial charge in [0.25, 0.3) is 0 Å². The van der Waals surface area contributed by atoms with Gasteiger partial charge in [-0.2, -0.15) is 4.31 Å². The summed E-state index contributed by atoms with van der Waals surface area (Å²) < 4.78 is 28.0. The summed E-state index contributed by atoms with van der Waals surface area (Å²) in [6.07, 6.45) is 3.46. The highest BCUT2D eigenvalue weighted by atomic mass is 32.2. The molecule has 1 aromatic rings. The van der Waals surface area contributed by atoms with Gasteiger partial charge in [0.2, 0.25) is 10.0 Å². The van der Waals surface area contributed by atoms with Crippen LogP contribution >= 0.6 is 0 Å². The lowest BCUT2D eigenvalue weighted by Gasteiger charge is -2.28. The molecule has 2 unspecified atom stereocenters. The van der Waals surface area contributed by atoms with E-state index in [0.717, 1.165) is 30.4 Å². The summed E-state index contributed by atoms with van der Waals surface area (Å²) in [5, 5.41) is 0. The molecule has 1 fully saturated rings. The minimum absolute atomic E-state index is 0.0752. The van der Waals surface area contributed by atoms with E-state index in [4.69, 9.17) is 5.73 Å². The molecule has 21 heavy (non-hydrogen) atoms. The van der Waals surface area contributed by atoms with E-state index >= 15 is 0 Å². The van der Waals surface area contributed by atoms with Crippen LogP contribution in [0.15, 0.2) is 23.1 Å². The molecule has 0 radical (unpaired) electrons. The smallest absolute Gasteiger partial charge is 0.243 e. The van der Waals surface area contributed by atoms with Crippen LogP contribution in [-0.4, -0.2) is 24.8 Å². The number of rotatable bonds is 5. The number of benzene rings is 1. The van der Waals surface area contributed by atoms with Crippen molar-refractivity contribution in [3.8, 4) is 0 Å². The van der Waals surface area contributed by atoms with E-state index in [-0.39, 0.29) is 12.1 Å². The molecule has 0 spiro atoms. The quantitative estimate of drug-likeness (QED) is 0.909. The first-order chi connectivity index (χ1) is 9.95. The number of nitrogens with two attached hydrogens (primary N) is 1. The van der Waals surface area contributed by atoms with Gasteiger partial charge in [-0.3, -0.25) is 0 Å². The summed E-state index contributed by atoms with van der Waals surface area (Å²) in [7, 11) is -3.45. The van der Waals surface area contributed by atoms with Crippen LogP contribution in [0.4, 0.5) is 0 Å². The normalized spacial score (nSPS) is 23.6. The van der Waals surface area contributed by atoms with E-state index in [1.807, 2.05) is 26.0 Å². The number of hydrogen-bond acceptors (Lipinski definition) is 3. The molecule has 0 aromatic heterocycles. The summed E-state index contributed by atoms with van der Waals surface area (Å²) in [5.41, 5.74) is 7.42. The molecule has 5 heteroatoms. The number of nitrogens with zero attached hydrogens (tertiary/aromatic N) is 1. The van der Waals surface area contributed by atoms with Crippen LogP contribution in [0, 0.1) is 0 Å². The summed E-state index contributed by atoms with van der Waals surface area (Å²) in [6.45, 7) is 6.41. The van der Waals surface area contributed by atoms with Crippen LogP contribution in [0.5, 0.6) is 0 Å². The van der Waals surface area contributed by atoms with Gasteiger partial charge in [0, 0.05) is 18.6 Å². The van der Waals surface area contributed by atoms with E-state index in [0.29, 0.717) is 17.9 Å². The van der Waals surface area contributed by atoms with Gasteiger partial charge >= 0.3 is 0 Å². The van der Waals surface area contributed by atoms with Crippen molar-refractivity contribution < 1.29 is 8.42 Å². The SMILES string of the molecule is CCc1ccc(CN)cc1S(=O)(=O)N1C(C)CCC1CC. The highest BCUT2D eigenvalue weighted by Crippen LogP contribution is 2.34. The lowest BCUT2D eigenvalue weighted by atomic mass is 10.1. The van der Waals surface area contributed by atoms with E-state index in [1.54, 1.807) is 10.4 Å². The lowest BCUT2D eigenvalue weighted by molar-refractivity contribution is 0.328. The van der Waals surface area contributed by atoms with E-state index < -0.39 is 10.0 Å². The fourth-order valence-corrected chi connectivity index (χ4v) is 5.53. The molecule has 0 saturated carbocycles. The van der Waals surface area contributed by atoms with Crippen LogP contribution in [0.2, 0.25) is 0 Å². The summed E-state index contributed by atoms with van der Waals surface area (Å²) in [6, 6.07) is 5.77. The molecule has 1 aliphatic rings. The van der Waals surface area contributed by atoms with Crippen molar-refractivity contribution in [3.63, 3.8) is 0 Å². The monoisotopic (exact) mass is 310 g/mol. The summed E-state index contributed by atoms with van der Waals surface area (Å²) in [5.74, 6) is 0. The molecule has 0 aliphatic carbocycles. The molecule has 4 nitrogen and oxygen atoms in total. The zero-order valence-corrected chi connectivity index (χ0v) is 14.0. The van der Waals surface area contributed by atoms with Crippen LogP contribution in [-0.2, 0) is 23.0 Å². The third-order valence-corrected chi connectivity index (χ3v) is 6.64. The summed E-state index contributed by atoms with van der Waals surface area (Å²) >= 11 is 0. The molecule has 1 aromatic carbocycles. The lowest BCUT2D eigenvalue weighted by Crippen LogP contribution is -2.40. The predicted molar refractivity (Wildman–Crippen MR) is 85.5 cm³/mol. The molecule has 2 atom stereocenters. The van der Waals surface area contributed by atoms with E-state index in [1.165, 1.54) is 0 Å². The van der Waals surface area contributed by atoms with Gasteiger partial charge in [0.05, 0.1) is 4.90 Å². The molecule has 0 amide bonds. The van der Waals surface area contributed by atoms with Crippen LogP contribution in [0.1, 0.15) is 51.2 Å². The van der Waals surface area contributed by atoms with Gasteiger partial charge < -0.3 is 5.73 Å². The largest absolute Gasteiger partial charge is 0.326 e. The van der Waals surface area contributed by atoms with Crippen LogP contribution in [0.3, 0.4) is 0 Å². The first-order valence-corrected chi connectivity index (χ1v) is 9.25. The van der Waals surface area contributed by atoms with Crippen molar-refractivity contribution in [2.45, 2.75) is 70.0 Å².